The molecule has 4 aromatic rings. The molecule has 0 fully saturated rings. The quantitative estimate of drug-likeness (QED) is 0.462. The number of para-hydroxylation sites is 1. The first-order chi connectivity index (χ1) is 14.0. The molecule has 29 heavy (non-hydrogen) atoms. The van der Waals surface area contributed by atoms with Crippen LogP contribution < -0.4 is 10.6 Å². The maximum atomic E-state index is 12.5. The van der Waals surface area contributed by atoms with E-state index < -0.39 is 6.04 Å². The molecule has 2 aromatic heterocycles. The third kappa shape index (κ3) is 4.05. The fraction of sp³-hybridized carbons (Fsp3) is 0.136. The smallest absolute Gasteiger partial charge is 0.251 e. The van der Waals surface area contributed by atoms with Gasteiger partial charge in [-0.3, -0.25) is 9.59 Å². The van der Waals surface area contributed by atoms with Crippen LogP contribution in [0.2, 0.25) is 0 Å². The van der Waals surface area contributed by atoms with E-state index in [0.29, 0.717) is 10.7 Å². The van der Waals surface area contributed by atoms with Crippen molar-refractivity contribution < 1.29 is 9.59 Å². The predicted octanol–water partition coefficient (Wildman–Crippen LogP) is 4.36. The molecule has 2 aromatic carbocycles. The first kappa shape index (κ1) is 18.9. The molecule has 0 spiro atoms. The third-order valence-electron chi connectivity index (χ3n) is 4.62. The molecule has 0 aliphatic rings. The Balaban J connectivity index is 1.43. The second-order valence-electron chi connectivity index (χ2n) is 6.84. The minimum absolute atomic E-state index is 0.282. The van der Waals surface area contributed by atoms with Crippen molar-refractivity contribution in [2.45, 2.75) is 19.9 Å². The van der Waals surface area contributed by atoms with Crippen molar-refractivity contribution >= 4 is 39.2 Å². The molecule has 2 amide bonds. The Labute approximate surface area is 172 Å². The van der Waals surface area contributed by atoms with Crippen LogP contribution in [-0.2, 0) is 4.79 Å². The van der Waals surface area contributed by atoms with Crippen LogP contribution in [-0.4, -0.2) is 27.8 Å². The van der Waals surface area contributed by atoms with E-state index >= 15 is 0 Å². The van der Waals surface area contributed by atoms with Crippen LogP contribution in [0.4, 0.5) is 5.13 Å². The van der Waals surface area contributed by atoms with Crippen LogP contribution >= 0.6 is 11.3 Å². The number of H-pyrrole nitrogens is 1. The van der Waals surface area contributed by atoms with Crippen molar-refractivity contribution in [2.75, 3.05) is 5.32 Å². The van der Waals surface area contributed by atoms with Crippen molar-refractivity contribution in [1.82, 2.24) is 15.3 Å². The summed E-state index contributed by atoms with van der Waals surface area (Å²) in [4.78, 5) is 32.6. The molecule has 146 valence electrons. The molecule has 0 aliphatic carbocycles. The monoisotopic (exact) mass is 404 g/mol. The van der Waals surface area contributed by atoms with Gasteiger partial charge in [0.25, 0.3) is 5.91 Å². The number of amides is 2. The molecule has 0 bridgehead atoms. The zero-order chi connectivity index (χ0) is 20.4. The molecule has 6 nitrogen and oxygen atoms in total. The van der Waals surface area contributed by atoms with E-state index in [0.717, 1.165) is 27.7 Å². The molecular formula is C22H20N4O2S. The van der Waals surface area contributed by atoms with Gasteiger partial charge in [-0.1, -0.05) is 35.9 Å². The summed E-state index contributed by atoms with van der Waals surface area (Å²) in [5, 5.41) is 8.98. The van der Waals surface area contributed by atoms with Crippen molar-refractivity contribution in [3.8, 4) is 11.3 Å². The van der Waals surface area contributed by atoms with Gasteiger partial charge in [-0.15, -0.1) is 11.3 Å². The average molecular weight is 404 g/mol. The summed E-state index contributed by atoms with van der Waals surface area (Å²) in [6.07, 6.45) is 1.91. The number of hydrogen-bond acceptors (Lipinski definition) is 4. The van der Waals surface area contributed by atoms with Gasteiger partial charge in [0.2, 0.25) is 5.91 Å². The van der Waals surface area contributed by atoms with Crippen LogP contribution in [0.5, 0.6) is 0 Å². The summed E-state index contributed by atoms with van der Waals surface area (Å²) >= 11 is 1.35. The molecule has 0 saturated carbocycles. The molecule has 4 rings (SSSR count). The summed E-state index contributed by atoms with van der Waals surface area (Å²) < 4.78 is 0. The zero-order valence-electron chi connectivity index (χ0n) is 16.0. The van der Waals surface area contributed by atoms with E-state index in [9.17, 15) is 9.59 Å². The van der Waals surface area contributed by atoms with E-state index in [2.05, 4.69) is 20.6 Å². The van der Waals surface area contributed by atoms with Gasteiger partial charge in [-0.2, -0.15) is 0 Å². The first-order valence-electron chi connectivity index (χ1n) is 9.21. The maximum Gasteiger partial charge on any atom is 0.251 e. The van der Waals surface area contributed by atoms with Crippen LogP contribution in [0.15, 0.2) is 60.1 Å². The molecule has 0 radical (unpaired) electrons. The molecule has 0 saturated heterocycles. The van der Waals surface area contributed by atoms with Crippen molar-refractivity contribution in [1.29, 1.82) is 0 Å². The average Bonchev–Trinajstić information content (AvgIpc) is 3.34. The second-order valence-corrected chi connectivity index (χ2v) is 7.70. The standard InChI is InChI=1S/C22H20N4O2S/c1-13-6-5-7-15(10-13)21(28)24-14(2)20(27)26-22-25-19(12-29-22)17-11-23-18-9-4-3-8-16(17)18/h3-12,14,23H,1-2H3,(H,24,28)(H,25,26,27). The number of thiazole rings is 1. The van der Waals surface area contributed by atoms with Gasteiger partial charge in [0.1, 0.15) is 6.04 Å². The number of nitrogens with one attached hydrogen (secondary N) is 3. The van der Waals surface area contributed by atoms with Crippen molar-refractivity contribution in [3.05, 3.63) is 71.2 Å². The molecule has 1 unspecified atom stereocenters. The lowest BCUT2D eigenvalue weighted by Crippen LogP contribution is -2.41. The highest BCUT2D eigenvalue weighted by Gasteiger charge is 2.18. The number of fused-ring (bicyclic) bond motifs is 1. The Kier molecular flexibility index (Phi) is 5.14. The Morgan fingerprint density at radius 3 is 2.79 bits per heavy atom. The zero-order valence-corrected chi connectivity index (χ0v) is 16.8. The Bertz CT molecular complexity index is 1190. The van der Waals surface area contributed by atoms with E-state index in [-0.39, 0.29) is 11.8 Å². The molecule has 3 N–H and O–H groups in total. The summed E-state index contributed by atoms with van der Waals surface area (Å²) in [5.74, 6) is -0.596. The van der Waals surface area contributed by atoms with Crippen molar-refractivity contribution in [3.63, 3.8) is 0 Å². The SMILES string of the molecule is Cc1cccc(C(=O)NC(C)C(=O)Nc2nc(-c3c[nH]c4ccccc34)cs2)c1. The van der Waals surface area contributed by atoms with Gasteiger partial charge in [-0.05, 0) is 32.0 Å². The van der Waals surface area contributed by atoms with E-state index in [1.807, 2.05) is 54.9 Å². The number of carbonyl (C=O) groups is 2. The number of aromatic nitrogens is 2. The minimum Gasteiger partial charge on any atom is -0.360 e. The number of anilines is 1. The predicted molar refractivity (Wildman–Crippen MR) is 116 cm³/mol. The fourth-order valence-electron chi connectivity index (χ4n) is 3.08. The number of nitrogens with zero attached hydrogens (tertiary/aromatic N) is 1. The van der Waals surface area contributed by atoms with Gasteiger partial charge < -0.3 is 15.6 Å². The highest BCUT2D eigenvalue weighted by atomic mass is 32.1. The topological polar surface area (TPSA) is 86.9 Å². The normalized spacial score (nSPS) is 11.9. The van der Waals surface area contributed by atoms with Gasteiger partial charge in [-0.25, -0.2) is 4.98 Å². The molecule has 1 atom stereocenters. The lowest BCUT2D eigenvalue weighted by Gasteiger charge is -2.13. The van der Waals surface area contributed by atoms with E-state index in [4.69, 9.17) is 0 Å². The largest absolute Gasteiger partial charge is 0.360 e. The highest BCUT2D eigenvalue weighted by molar-refractivity contribution is 7.14. The number of rotatable bonds is 5. The number of aromatic amines is 1. The van der Waals surface area contributed by atoms with Gasteiger partial charge in [0.15, 0.2) is 5.13 Å². The summed E-state index contributed by atoms with van der Waals surface area (Å²) in [6, 6.07) is 14.5. The maximum absolute atomic E-state index is 12.5. The van der Waals surface area contributed by atoms with Crippen LogP contribution in [0.25, 0.3) is 22.2 Å². The minimum atomic E-state index is -0.691. The first-order valence-corrected chi connectivity index (χ1v) is 10.1. The van der Waals surface area contributed by atoms with E-state index in [1.54, 1.807) is 19.1 Å². The molecule has 0 aliphatic heterocycles. The van der Waals surface area contributed by atoms with Gasteiger partial charge in [0.05, 0.1) is 5.69 Å². The lowest BCUT2D eigenvalue weighted by molar-refractivity contribution is -0.117. The number of hydrogen-bond donors (Lipinski definition) is 3. The number of carbonyl (C=O) groups excluding carboxylic acids is 2. The third-order valence-corrected chi connectivity index (χ3v) is 5.38. The highest BCUT2D eigenvalue weighted by Crippen LogP contribution is 2.30. The molecule has 7 heteroatoms. The summed E-state index contributed by atoms with van der Waals surface area (Å²) in [6.45, 7) is 3.57. The molecule has 2 heterocycles. The summed E-state index contributed by atoms with van der Waals surface area (Å²) in [5.41, 5.74) is 4.33. The Hall–Kier alpha value is -3.45. The van der Waals surface area contributed by atoms with E-state index in [1.165, 1.54) is 11.3 Å². The number of aryl methyl sites for hydroxylation is 1. The van der Waals surface area contributed by atoms with Crippen molar-refractivity contribution in [2.24, 2.45) is 0 Å². The molecular weight excluding hydrogens is 384 g/mol. The van der Waals surface area contributed by atoms with Gasteiger partial charge in [0, 0.05) is 33.6 Å². The number of benzene rings is 2. The summed E-state index contributed by atoms with van der Waals surface area (Å²) in [7, 11) is 0. The lowest BCUT2D eigenvalue weighted by atomic mass is 10.1. The van der Waals surface area contributed by atoms with Gasteiger partial charge >= 0.3 is 0 Å². The van der Waals surface area contributed by atoms with Crippen LogP contribution in [0, 0.1) is 6.92 Å². The Morgan fingerprint density at radius 1 is 1.14 bits per heavy atom. The van der Waals surface area contributed by atoms with Crippen LogP contribution in [0.1, 0.15) is 22.8 Å². The van der Waals surface area contributed by atoms with Crippen LogP contribution in [0.3, 0.4) is 0 Å². The fourth-order valence-corrected chi connectivity index (χ4v) is 3.80. The Morgan fingerprint density at radius 2 is 1.97 bits per heavy atom. The second kappa shape index (κ2) is 7.89.